The highest BCUT2D eigenvalue weighted by atomic mass is 32.2. The molecule has 1 aromatic rings. The predicted octanol–water partition coefficient (Wildman–Crippen LogP) is 1.05. The molecular formula is C8H14N2OS2. The molecule has 3 nitrogen and oxygen atoms in total. The van der Waals surface area contributed by atoms with E-state index in [1.54, 1.807) is 11.3 Å². The molecule has 0 aliphatic carbocycles. The van der Waals surface area contributed by atoms with Gasteiger partial charge in [0, 0.05) is 28.0 Å². The third-order valence-electron chi connectivity index (χ3n) is 1.74. The van der Waals surface area contributed by atoms with Gasteiger partial charge >= 0.3 is 0 Å². The molecule has 1 rings (SSSR count). The topological polar surface area (TPSA) is 56.0 Å². The maximum absolute atomic E-state index is 11.5. The Morgan fingerprint density at radius 1 is 1.77 bits per heavy atom. The van der Waals surface area contributed by atoms with Crippen LogP contribution in [0.3, 0.4) is 0 Å². The highest BCUT2D eigenvalue weighted by molar-refractivity contribution is 7.84. The summed E-state index contributed by atoms with van der Waals surface area (Å²) >= 11 is 1.59. The third-order valence-corrected chi connectivity index (χ3v) is 4.23. The van der Waals surface area contributed by atoms with Crippen LogP contribution in [0.25, 0.3) is 0 Å². The number of aromatic nitrogens is 1. The zero-order valence-electron chi connectivity index (χ0n) is 7.82. The lowest BCUT2D eigenvalue weighted by Gasteiger charge is -2.06. The van der Waals surface area contributed by atoms with Crippen LogP contribution in [-0.2, 0) is 16.6 Å². The minimum Gasteiger partial charge on any atom is -0.329 e. The second-order valence-corrected chi connectivity index (χ2v) is 5.85. The number of aryl methyl sites for hydroxylation is 1. The van der Waals surface area contributed by atoms with Crippen LogP contribution < -0.4 is 5.73 Å². The minimum atomic E-state index is -0.883. The van der Waals surface area contributed by atoms with Crippen LogP contribution in [-0.4, -0.2) is 21.0 Å². The zero-order chi connectivity index (χ0) is 9.84. The molecule has 0 aliphatic rings. The average molecular weight is 218 g/mol. The van der Waals surface area contributed by atoms with E-state index in [0.717, 1.165) is 10.7 Å². The van der Waals surface area contributed by atoms with E-state index in [2.05, 4.69) is 4.98 Å². The van der Waals surface area contributed by atoms with Crippen molar-refractivity contribution in [3.05, 3.63) is 16.1 Å². The summed E-state index contributed by atoms with van der Waals surface area (Å²) in [5, 5.41) is 3.03. The van der Waals surface area contributed by atoms with Gasteiger partial charge in [0.15, 0.2) is 0 Å². The lowest BCUT2D eigenvalue weighted by Crippen LogP contribution is -2.22. The molecular weight excluding hydrogens is 204 g/mol. The molecule has 5 heteroatoms. The van der Waals surface area contributed by atoms with Crippen molar-refractivity contribution in [1.29, 1.82) is 0 Å². The summed E-state index contributed by atoms with van der Waals surface area (Å²) in [6, 6.07) is 0. The molecule has 74 valence electrons. The standard InChI is InChI=1S/C8H14N2OS2/c1-6(3-9)13(11)5-8-4-12-7(2)10-8/h4,6H,3,5,9H2,1-2H3. The van der Waals surface area contributed by atoms with Crippen LogP contribution >= 0.6 is 11.3 Å². The molecule has 2 unspecified atom stereocenters. The minimum absolute atomic E-state index is 0.0574. The van der Waals surface area contributed by atoms with Crippen molar-refractivity contribution in [2.24, 2.45) is 5.73 Å². The number of thiazole rings is 1. The van der Waals surface area contributed by atoms with E-state index in [-0.39, 0.29) is 5.25 Å². The second kappa shape index (κ2) is 4.83. The number of rotatable bonds is 4. The lowest BCUT2D eigenvalue weighted by molar-refractivity contribution is 0.672. The van der Waals surface area contributed by atoms with Gasteiger partial charge in [-0.15, -0.1) is 11.3 Å². The second-order valence-electron chi connectivity index (χ2n) is 2.93. The maximum Gasteiger partial charge on any atom is 0.0897 e. The van der Waals surface area contributed by atoms with Crippen LogP contribution in [0.1, 0.15) is 17.6 Å². The molecule has 0 bridgehead atoms. The third kappa shape index (κ3) is 3.17. The summed E-state index contributed by atoms with van der Waals surface area (Å²) in [6.07, 6.45) is 0. The molecule has 0 radical (unpaired) electrons. The van der Waals surface area contributed by atoms with Crippen LogP contribution in [0.4, 0.5) is 0 Å². The van der Waals surface area contributed by atoms with E-state index in [4.69, 9.17) is 5.73 Å². The van der Waals surface area contributed by atoms with Gasteiger partial charge in [-0.1, -0.05) is 0 Å². The number of nitrogens with zero attached hydrogens (tertiary/aromatic N) is 1. The van der Waals surface area contributed by atoms with E-state index in [1.807, 2.05) is 19.2 Å². The lowest BCUT2D eigenvalue weighted by atomic mass is 10.5. The van der Waals surface area contributed by atoms with E-state index < -0.39 is 10.8 Å². The fourth-order valence-corrected chi connectivity index (χ4v) is 2.53. The van der Waals surface area contributed by atoms with Gasteiger partial charge in [-0.3, -0.25) is 4.21 Å². The monoisotopic (exact) mass is 218 g/mol. The van der Waals surface area contributed by atoms with Gasteiger partial charge in [-0.05, 0) is 13.8 Å². The molecule has 13 heavy (non-hydrogen) atoms. The first-order chi connectivity index (χ1) is 6.13. The van der Waals surface area contributed by atoms with Crippen LogP contribution in [0.5, 0.6) is 0 Å². The Kier molecular flexibility index (Phi) is 4.02. The van der Waals surface area contributed by atoms with Gasteiger partial charge in [0.25, 0.3) is 0 Å². The number of hydrogen-bond donors (Lipinski definition) is 1. The Labute approximate surface area is 84.8 Å². The summed E-state index contributed by atoms with van der Waals surface area (Å²) in [5.74, 6) is 0.530. The van der Waals surface area contributed by atoms with Gasteiger partial charge < -0.3 is 5.73 Å². The summed E-state index contributed by atoms with van der Waals surface area (Å²) in [6.45, 7) is 4.31. The van der Waals surface area contributed by atoms with Crippen molar-refractivity contribution in [3.63, 3.8) is 0 Å². The van der Waals surface area contributed by atoms with Crippen LogP contribution in [0, 0.1) is 6.92 Å². The van der Waals surface area contributed by atoms with Crippen LogP contribution in [0.15, 0.2) is 5.38 Å². The summed E-state index contributed by atoms with van der Waals surface area (Å²) in [4.78, 5) is 4.25. The average Bonchev–Trinajstić information content (AvgIpc) is 2.49. The summed E-state index contributed by atoms with van der Waals surface area (Å²) < 4.78 is 11.5. The Morgan fingerprint density at radius 3 is 2.92 bits per heavy atom. The van der Waals surface area contributed by atoms with Gasteiger partial charge in [0.1, 0.15) is 0 Å². The van der Waals surface area contributed by atoms with Gasteiger partial charge in [0.2, 0.25) is 0 Å². The number of nitrogens with two attached hydrogens (primary N) is 1. The van der Waals surface area contributed by atoms with Gasteiger partial charge in [-0.2, -0.15) is 0 Å². The van der Waals surface area contributed by atoms with E-state index in [9.17, 15) is 4.21 Å². The highest BCUT2D eigenvalue weighted by Gasteiger charge is 2.10. The molecule has 0 fully saturated rings. The van der Waals surface area contributed by atoms with Crippen molar-refractivity contribution in [2.45, 2.75) is 24.9 Å². The van der Waals surface area contributed by atoms with Crippen molar-refractivity contribution < 1.29 is 4.21 Å². The van der Waals surface area contributed by atoms with Crippen molar-refractivity contribution >= 4 is 22.1 Å². The van der Waals surface area contributed by atoms with Crippen LogP contribution in [0.2, 0.25) is 0 Å². The summed E-state index contributed by atoms with van der Waals surface area (Å²) in [5.41, 5.74) is 6.34. The SMILES string of the molecule is Cc1nc(CS(=O)C(C)CN)cs1. The quantitative estimate of drug-likeness (QED) is 0.821. The predicted molar refractivity (Wildman–Crippen MR) is 57.2 cm³/mol. The summed E-state index contributed by atoms with van der Waals surface area (Å²) in [7, 11) is -0.883. The van der Waals surface area contributed by atoms with E-state index in [0.29, 0.717) is 12.3 Å². The maximum atomic E-state index is 11.5. The Balaban J connectivity index is 2.54. The van der Waals surface area contributed by atoms with E-state index in [1.165, 1.54) is 0 Å². The zero-order valence-corrected chi connectivity index (χ0v) is 9.45. The van der Waals surface area contributed by atoms with Gasteiger partial charge in [0.05, 0.1) is 16.5 Å². The molecule has 2 N–H and O–H groups in total. The molecule has 1 heterocycles. The molecule has 0 aromatic carbocycles. The number of hydrogen-bond acceptors (Lipinski definition) is 4. The van der Waals surface area contributed by atoms with Gasteiger partial charge in [-0.25, -0.2) is 4.98 Å². The largest absolute Gasteiger partial charge is 0.329 e. The Morgan fingerprint density at radius 2 is 2.46 bits per heavy atom. The first-order valence-electron chi connectivity index (χ1n) is 4.11. The Bertz CT molecular complexity index is 298. The fourth-order valence-electron chi connectivity index (χ4n) is 0.870. The molecule has 0 aliphatic heterocycles. The highest BCUT2D eigenvalue weighted by Crippen LogP contribution is 2.11. The first kappa shape index (κ1) is 10.8. The smallest absolute Gasteiger partial charge is 0.0897 e. The normalized spacial score (nSPS) is 15.6. The van der Waals surface area contributed by atoms with Crippen molar-refractivity contribution in [3.8, 4) is 0 Å². The molecule has 0 saturated carbocycles. The van der Waals surface area contributed by atoms with Crippen molar-refractivity contribution in [2.75, 3.05) is 6.54 Å². The first-order valence-corrected chi connectivity index (χ1v) is 6.38. The van der Waals surface area contributed by atoms with Crippen molar-refractivity contribution in [1.82, 2.24) is 4.98 Å². The fraction of sp³-hybridized carbons (Fsp3) is 0.625. The van der Waals surface area contributed by atoms with E-state index >= 15 is 0 Å². The molecule has 0 spiro atoms. The molecule has 0 saturated heterocycles. The molecule has 0 amide bonds. The Hall–Kier alpha value is -0.260. The molecule has 2 atom stereocenters. The molecule has 1 aromatic heterocycles.